The first-order valence-corrected chi connectivity index (χ1v) is 12.1. The van der Waals surface area contributed by atoms with Gasteiger partial charge in [0.2, 0.25) is 5.91 Å². The molecule has 6 heteroatoms. The van der Waals surface area contributed by atoms with Gasteiger partial charge in [0.15, 0.2) is 5.17 Å². The summed E-state index contributed by atoms with van der Waals surface area (Å²) in [5.41, 5.74) is 5.18. The molecule has 1 atom stereocenters. The van der Waals surface area contributed by atoms with E-state index in [0.29, 0.717) is 5.75 Å². The quantitative estimate of drug-likeness (QED) is 0.649. The summed E-state index contributed by atoms with van der Waals surface area (Å²) in [4.78, 5) is 19.6. The monoisotopic (exact) mass is 400 g/mol. The Balaban J connectivity index is 1.67. The number of allylic oxidation sites excluding steroid dienone is 1. The third-order valence-corrected chi connectivity index (χ3v) is 8.82. The van der Waals surface area contributed by atoms with Gasteiger partial charge in [-0.05, 0) is 53.9 Å². The van der Waals surface area contributed by atoms with Crippen molar-refractivity contribution in [3.63, 3.8) is 0 Å². The molecule has 2 fully saturated rings. The lowest BCUT2D eigenvalue weighted by Crippen LogP contribution is -2.38. The van der Waals surface area contributed by atoms with E-state index in [1.807, 2.05) is 34.5 Å². The molecular weight excluding hydrogens is 380 g/mol. The van der Waals surface area contributed by atoms with Crippen LogP contribution in [0, 0.1) is 0 Å². The van der Waals surface area contributed by atoms with E-state index in [0.717, 1.165) is 24.4 Å². The molecule has 3 nitrogen and oxygen atoms in total. The Labute approximate surface area is 166 Å². The third kappa shape index (κ3) is 2.86. The van der Waals surface area contributed by atoms with Crippen LogP contribution in [0.3, 0.4) is 0 Å². The van der Waals surface area contributed by atoms with Crippen LogP contribution in [0.1, 0.15) is 37.3 Å². The zero-order valence-electron chi connectivity index (χ0n) is 14.4. The van der Waals surface area contributed by atoms with Crippen LogP contribution in [0.25, 0.3) is 0 Å². The summed E-state index contributed by atoms with van der Waals surface area (Å²) in [5.74, 6) is 3.13. The second-order valence-corrected chi connectivity index (χ2v) is 10.2. The van der Waals surface area contributed by atoms with Gasteiger partial charge >= 0.3 is 0 Å². The van der Waals surface area contributed by atoms with E-state index in [1.54, 1.807) is 11.8 Å². The maximum Gasteiger partial charge on any atom is 0.239 e. The molecule has 1 aromatic carbocycles. The van der Waals surface area contributed by atoms with Crippen molar-refractivity contribution in [2.24, 2.45) is 4.99 Å². The molecule has 134 valence electrons. The molecule has 0 radical (unpaired) electrons. The predicted octanol–water partition coefficient (Wildman–Crippen LogP) is 5.19. The van der Waals surface area contributed by atoms with E-state index < -0.39 is 0 Å². The number of hydrogen-bond acceptors (Lipinski definition) is 5. The topological polar surface area (TPSA) is 32.7 Å². The summed E-state index contributed by atoms with van der Waals surface area (Å²) in [6.07, 6.45) is 4.59. The number of amidine groups is 1. The summed E-state index contributed by atoms with van der Waals surface area (Å²) in [6, 6.07) is 10.5. The summed E-state index contributed by atoms with van der Waals surface area (Å²) in [5, 5.41) is 0.897. The van der Waals surface area contributed by atoms with Gasteiger partial charge in [0, 0.05) is 4.24 Å². The molecule has 0 N–H and O–H groups in total. The van der Waals surface area contributed by atoms with Gasteiger partial charge in [-0.25, -0.2) is 4.99 Å². The maximum atomic E-state index is 12.6. The summed E-state index contributed by atoms with van der Waals surface area (Å²) in [6.45, 7) is 0. The first-order valence-electron chi connectivity index (χ1n) is 9.13. The molecule has 1 aromatic rings. The van der Waals surface area contributed by atoms with Crippen molar-refractivity contribution in [1.82, 2.24) is 4.90 Å². The molecule has 0 unspecified atom stereocenters. The molecule has 2 saturated heterocycles. The predicted molar refractivity (Wildman–Crippen MR) is 113 cm³/mol. The third-order valence-electron chi connectivity index (χ3n) is 5.17. The van der Waals surface area contributed by atoms with Crippen molar-refractivity contribution >= 4 is 46.4 Å². The van der Waals surface area contributed by atoms with Crippen molar-refractivity contribution in [2.45, 2.75) is 31.7 Å². The van der Waals surface area contributed by atoms with Crippen molar-refractivity contribution < 1.29 is 4.79 Å². The zero-order chi connectivity index (χ0) is 17.5. The lowest BCUT2D eigenvalue weighted by atomic mass is 9.84. The van der Waals surface area contributed by atoms with Crippen LogP contribution in [0.15, 0.2) is 56.4 Å². The number of rotatable bonds is 1. The number of fused-ring (bicyclic) bond motifs is 1. The van der Waals surface area contributed by atoms with Gasteiger partial charge in [0.25, 0.3) is 0 Å². The van der Waals surface area contributed by atoms with E-state index in [4.69, 9.17) is 4.99 Å². The fourth-order valence-electron chi connectivity index (χ4n) is 4.04. The second-order valence-electron chi connectivity index (χ2n) is 6.80. The Morgan fingerprint density at radius 2 is 1.81 bits per heavy atom. The molecule has 5 rings (SSSR count). The number of nitrogens with zero attached hydrogens (tertiary/aromatic N) is 2. The average molecular weight is 401 g/mol. The first-order chi connectivity index (χ1) is 12.8. The van der Waals surface area contributed by atoms with Crippen LogP contribution in [0.4, 0.5) is 0 Å². The normalized spacial score (nSPS) is 26.0. The van der Waals surface area contributed by atoms with Gasteiger partial charge in [-0.15, -0.1) is 23.5 Å². The lowest BCUT2D eigenvalue weighted by molar-refractivity contribution is -0.125. The summed E-state index contributed by atoms with van der Waals surface area (Å²) in [7, 11) is 0. The largest absolute Gasteiger partial charge is 0.279 e. The zero-order valence-corrected chi connectivity index (χ0v) is 16.9. The van der Waals surface area contributed by atoms with Crippen molar-refractivity contribution in [2.75, 3.05) is 17.3 Å². The van der Waals surface area contributed by atoms with Crippen molar-refractivity contribution in [3.8, 4) is 0 Å². The number of aliphatic imine (C=N–C) groups is 1. The Morgan fingerprint density at radius 3 is 2.62 bits per heavy atom. The van der Waals surface area contributed by atoms with Crippen LogP contribution in [-0.4, -0.2) is 33.2 Å². The smallest absolute Gasteiger partial charge is 0.239 e. The number of hydrogen-bond donors (Lipinski definition) is 0. The Kier molecular flexibility index (Phi) is 4.67. The number of amides is 1. The minimum absolute atomic E-state index is 0.0238. The van der Waals surface area contributed by atoms with Crippen LogP contribution in [0.5, 0.6) is 0 Å². The van der Waals surface area contributed by atoms with E-state index in [1.165, 1.54) is 44.6 Å². The van der Waals surface area contributed by atoms with Gasteiger partial charge in [-0.2, -0.15) is 0 Å². The average Bonchev–Trinajstić information content (AvgIpc) is 3.07. The fourth-order valence-corrected chi connectivity index (χ4v) is 7.65. The van der Waals surface area contributed by atoms with Crippen molar-refractivity contribution in [1.29, 1.82) is 0 Å². The molecule has 0 saturated carbocycles. The molecular formula is C20H20N2OS3. The lowest BCUT2D eigenvalue weighted by Gasteiger charge is -2.37. The Morgan fingerprint density at radius 1 is 1.00 bits per heavy atom. The van der Waals surface area contributed by atoms with Gasteiger partial charge in [-0.3, -0.25) is 9.69 Å². The standard InChI is InChI=1S/C20H20N2OS3/c23-16-12-26-20-21-17-14(18(22(16)20)13-6-2-1-3-7-13)8-4-9-15(17)19-24-10-5-11-25-19/h1-3,6-7,18H,4-5,8-12H2/t18-/m0/s1. The number of carbonyl (C=O) groups is 1. The first kappa shape index (κ1) is 17.0. The summed E-state index contributed by atoms with van der Waals surface area (Å²) >= 11 is 5.59. The van der Waals surface area contributed by atoms with Crippen molar-refractivity contribution in [3.05, 3.63) is 57.0 Å². The highest BCUT2D eigenvalue weighted by Gasteiger charge is 2.42. The number of thioether (sulfide) groups is 3. The van der Waals surface area contributed by atoms with E-state index in [9.17, 15) is 4.79 Å². The molecule has 1 amide bonds. The molecule has 0 aromatic heterocycles. The maximum absolute atomic E-state index is 12.6. The van der Waals surface area contributed by atoms with Gasteiger partial charge in [0.05, 0.1) is 17.5 Å². The van der Waals surface area contributed by atoms with E-state index in [2.05, 4.69) is 24.3 Å². The number of benzene rings is 1. The SMILES string of the molecule is O=C1CSC2=NC3=C(CCCC3=C3SCCCS3)[C@H](c3ccccc3)N12. The van der Waals surface area contributed by atoms with Crippen LogP contribution < -0.4 is 0 Å². The molecule has 3 heterocycles. The molecule has 4 aliphatic rings. The highest BCUT2D eigenvalue weighted by Crippen LogP contribution is 2.50. The van der Waals surface area contributed by atoms with Gasteiger partial charge in [0.1, 0.15) is 0 Å². The van der Waals surface area contributed by atoms with Crippen LogP contribution in [-0.2, 0) is 4.79 Å². The molecule has 0 spiro atoms. The molecule has 1 aliphatic carbocycles. The van der Waals surface area contributed by atoms with Gasteiger partial charge in [-0.1, -0.05) is 42.1 Å². The van der Waals surface area contributed by atoms with E-state index >= 15 is 0 Å². The molecule has 3 aliphatic heterocycles. The minimum atomic E-state index is 0.0238. The molecule has 0 bridgehead atoms. The number of carbonyl (C=O) groups excluding carboxylic acids is 1. The van der Waals surface area contributed by atoms with Gasteiger partial charge < -0.3 is 0 Å². The summed E-state index contributed by atoms with van der Waals surface area (Å²) < 4.78 is 1.47. The highest BCUT2D eigenvalue weighted by atomic mass is 32.2. The highest BCUT2D eigenvalue weighted by molar-refractivity contribution is 8.22. The van der Waals surface area contributed by atoms with E-state index in [-0.39, 0.29) is 11.9 Å². The molecule has 26 heavy (non-hydrogen) atoms. The Bertz CT molecular complexity index is 836. The van der Waals surface area contributed by atoms with Crippen LogP contribution in [0.2, 0.25) is 0 Å². The second kappa shape index (κ2) is 7.13. The Hall–Kier alpha value is -1.11. The minimum Gasteiger partial charge on any atom is -0.279 e. The fraction of sp³-hybridized carbons (Fsp3) is 0.400. The van der Waals surface area contributed by atoms with Crippen LogP contribution >= 0.6 is 35.3 Å².